The fraction of sp³-hybridized carbons (Fsp3) is 0.800. The van der Waals surface area contributed by atoms with Crippen LogP contribution in [0.3, 0.4) is 0 Å². The highest BCUT2D eigenvalue weighted by atomic mass is 127. The molecule has 0 aliphatic carbocycles. The monoisotopic (exact) mass is 529 g/mol. The van der Waals surface area contributed by atoms with Crippen molar-refractivity contribution in [3.8, 4) is 0 Å². The number of thioether (sulfide) groups is 1. The van der Waals surface area contributed by atoms with Crippen LogP contribution in [0.2, 0.25) is 0 Å². The van der Waals surface area contributed by atoms with Crippen LogP contribution in [0.15, 0.2) is 11.3 Å². The molecule has 1 saturated heterocycles. The van der Waals surface area contributed by atoms with E-state index < -0.39 is 10.0 Å². The Labute approximate surface area is 182 Å². The number of sulfonamides is 1. The van der Waals surface area contributed by atoms with Gasteiger partial charge < -0.3 is 10.6 Å². The predicted molar refractivity (Wildman–Crippen MR) is 119 cm³/mol. The van der Waals surface area contributed by atoms with Crippen molar-refractivity contribution in [3.05, 3.63) is 12.2 Å². The lowest BCUT2D eigenvalue weighted by Crippen LogP contribution is -2.47. The molecular formula is C15H28IN7O2S2. The third-order valence-corrected chi connectivity index (χ3v) is 7.27. The van der Waals surface area contributed by atoms with Gasteiger partial charge in [0.25, 0.3) is 0 Å². The first-order valence-corrected chi connectivity index (χ1v) is 11.8. The Hall–Kier alpha value is -0.600. The number of aryl methyl sites for hydroxylation is 1. The maximum absolute atomic E-state index is 12.4. The Balaban J connectivity index is 0.00000261. The van der Waals surface area contributed by atoms with Gasteiger partial charge >= 0.3 is 0 Å². The van der Waals surface area contributed by atoms with Gasteiger partial charge in [-0.3, -0.25) is 4.99 Å². The lowest BCUT2D eigenvalue weighted by Gasteiger charge is -2.26. The molecule has 0 spiro atoms. The molecule has 0 radical (unpaired) electrons. The molecule has 0 aromatic carbocycles. The molecule has 1 aromatic rings. The molecular weight excluding hydrogens is 501 g/mol. The molecule has 27 heavy (non-hydrogen) atoms. The summed E-state index contributed by atoms with van der Waals surface area (Å²) in [5.41, 5.74) is 0. The summed E-state index contributed by atoms with van der Waals surface area (Å²) in [5.74, 6) is 3.46. The minimum Gasteiger partial charge on any atom is -0.357 e. The number of hydrogen-bond donors (Lipinski definition) is 2. The molecule has 2 aliphatic heterocycles. The fourth-order valence-corrected chi connectivity index (χ4v) is 5.55. The Morgan fingerprint density at radius 1 is 1.41 bits per heavy atom. The van der Waals surface area contributed by atoms with Gasteiger partial charge in [0.05, 0.1) is 18.8 Å². The smallest absolute Gasteiger partial charge is 0.215 e. The maximum atomic E-state index is 12.4. The molecule has 9 nitrogen and oxygen atoms in total. The van der Waals surface area contributed by atoms with E-state index in [-0.39, 0.29) is 42.3 Å². The summed E-state index contributed by atoms with van der Waals surface area (Å²) in [6.07, 6.45) is 3.41. The number of fused-ring (bicyclic) bond motifs is 1. The quantitative estimate of drug-likeness (QED) is 0.307. The van der Waals surface area contributed by atoms with Crippen molar-refractivity contribution < 1.29 is 8.42 Å². The Morgan fingerprint density at radius 3 is 2.93 bits per heavy atom. The van der Waals surface area contributed by atoms with Crippen molar-refractivity contribution >= 4 is 51.7 Å². The van der Waals surface area contributed by atoms with Crippen LogP contribution in [0.5, 0.6) is 0 Å². The van der Waals surface area contributed by atoms with Gasteiger partial charge in [-0.05, 0) is 13.3 Å². The van der Waals surface area contributed by atoms with Crippen LogP contribution in [0.1, 0.15) is 19.2 Å². The van der Waals surface area contributed by atoms with Gasteiger partial charge in [0.2, 0.25) is 10.0 Å². The number of guanidine groups is 1. The topological polar surface area (TPSA) is 105 Å². The van der Waals surface area contributed by atoms with E-state index in [9.17, 15) is 8.42 Å². The van der Waals surface area contributed by atoms with Crippen molar-refractivity contribution in [2.45, 2.75) is 32.4 Å². The first-order valence-electron chi connectivity index (χ1n) is 9.05. The van der Waals surface area contributed by atoms with Crippen LogP contribution in [0, 0.1) is 0 Å². The van der Waals surface area contributed by atoms with Crippen molar-refractivity contribution in [1.82, 2.24) is 29.7 Å². The fourth-order valence-electron chi connectivity index (χ4n) is 3.10. The third-order valence-electron chi connectivity index (χ3n) is 4.47. The van der Waals surface area contributed by atoms with E-state index in [1.54, 1.807) is 22.4 Å². The number of hydrogen-bond acceptors (Lipinski definition) is 6. The second-order valence-electron chi connectivity index (χ2n) is 6.33. The van der Waals surface area contributed by atoms with E-state index in [0.717, 1.165) is 43.3 Å². The van der Waals surface area contributed by atoms with Crippen LogP contribution < -0.4 is 10.6 Å². The standard InChI is InChI=1S/C15H27N7O2S2.HI/c1-2-16-15(20-13-3-4-14-18-12-19-22(14)11-13)17-5-10-26(23,24)21-6-8-25-9-7-21;/h12-13H,2-11H2,1H3,(H2,16,17,20);1H. The molecule has 0 saturated carbocycles. The van der Waals surface area contributed by atoms with Crippen molar-refractivity contribution in [1.29, 1.82) is 0 Å². The third kappa shape index (κ3) is 6.46. The van der Waals surface area contributed by atoms with Crippen LogP contribution in [0.25, 0.3) is 0 Å². The summed E-state index contributed by atoms with van der Waals surface area (Å²) >= 11 is 1.80. The van der Waals surface area contributed by atoms with E-state index in [4.69, 9.17) is 0 Å². The molecule has 1 fully saturated rings. The highest BCUT2D eigenvalue weighted by Gasteiger charge is 2.24. The zero-order valence-electron chi connectivity index (χ0n) is 15.5. The van der Waals surface area contributed by atoms with E-state index >= 15 is 0 Å². The number of aromatic nitrogens is 3. The predicted octanol–water partition coefficient (Wildman–Crippen LogP) is 0.145. The Bertz CT molecular complexity index is 720. The van der Waals surface area contributed by atoms with Crippen LogP contribution in [-0.4, -0.2) is 82.9 Å². The van der Waals surface area contributed by atoms with E-state index in [0.29, 0.717) is 19.0 Å². The van der Waals surface area contributed by atoms with Crippen LogP contribution >= 0.6 is 35.7 Å². The lowest BCUT2D eigenvalue weighted by molar-refractivity contribution is 0.393. The van der Waals surface area contributed by atoms with Gasteiger partial charge in [-0.15, -0.1) is 24.0 Å². The average Bonchev–Trinajstić information content (AvgIpc) is 3.10. The highest BCUT2D eigenvalue weighted by molar-refractivity contribution is 14.0. The molecule has 3 heterocycles. The average molecular weight is 529 g/mol. The summed E-state index contributed by atoms with van der Waals surface area (Å²) in [5, 5.41) is 10.8. The SMILES string of the molecule is CCNC(=NCCS(=O)(=O)N1CCSCC1)NC1CCc2ncnn2C1.I. The minimum atomic E-state index is -3.22. The number of aliphatic imine (C=N–C) groups is 1. The zero-order chi connectivity index (χ0) is 18.4. The molecule has 154 valence electrons. The van der Waals surface area contributed by atoms with Gasteiger partial charge in [0.1, 0.15) is 12.2 Å². The number of nitrogens with zero attached hydrogens (tertiary/aromatic N) is 5. The largest absolute Gasteiger partial charge is 0.357 e. The molecule has 1 unspecified atom stereocenters. The first kappa shape index (κ1) is 22.7. The first-order chi connectivity index (χ1) is 12.6. The summed E-state index contributed by atoms with van der Waals surface area (Å²) in [4.78, 5) is 8.70. The van der Waals surface area contributed by atoms with Crippen molar-refractivity contribution in [2.24, 2.45) is 4.99 Å². The Kier molecular flexibility index (Phi) is 9.08. The van der Waals surface area contributed by atoms with Gasteiger partial charge in [-0.25, -0.2) is 22.4 Å². The number of nitrogens with one attached hydrogen (secondary N) is 2. The van der Waals surface area contributed by atoms with Gasteiger partial charge in [0, 0.05) is 43.6 Å². The minimum absolute atomic E-state index is 0. The molecule has 3 rings (SSSR count). The molecule has 2 N–H and O–H groups in total. The highest BCUT2D eigenvalue weighted by Crippen LogP contribution is 2.13. The van der Waals surface area contributed by atoms with Crippen molar-refractivity contribution in [3.63, 3.8) is 0 Å². The van der Waals surface area contributed by atoms with Crippen LogP contribution in [0.4, 0.5) is 0 Å². The van der Waals surface area contributed by atoms with E-state index in [1.807, 2.05) is 11.6 Å². The molecule has 0 amide bonds. The maximum Gasteiger partial charge on any atom is 0.215 e. The number of rotatable bonds is 6. The summed E-state index contributed by atoms with van der Waals surface area (Å²) < 4.78 is 28.3. The van der Waals surface area contributed by atoms with E-state index in [2.05, 4.69) is 25.7 Å². The van der Waals surface area contributed by atoms with Gasteiger partial charge in [-0.2, -0.15) is 16.9 Å². The second-order valence-corrected chi connectivity index (χ2v) is 9.64. The molecule has 12 heteroatoms. The molecule has 2 aliphatic rings. The van der Waals surface area contributed by atoms with Gasteiger partial charge in [-0.1, -0.05) is 0 Å². The Morgan fingerprint density at radius 2 is 2.19 bits per heavy atom. The molecule has 1 atom stereocenters. The van der Waals surface area contributed by atoms with Gasteiger partial charge in [0.15, 0.2) is 5.96 Å². The normalized spacial score (nSPS) is 21.2. The summed E-state index contributed by atoms with van der Waals surface area (Å²) in [7, 11) is -3.22. The zero-order valence-corrected chi connectivity index (χ0v) is 19.5. The summed E-state index contributed by atoms with van der Waals surface area (Å²) in [6.45, 7) is 4.93. The van der Waals surface area contributed by atoms with Crippen molar-refractivity contribution in [2.75, 3.05) is 43.4 Å². The summed E-state index contributed by atoms with van der Waals surface area (Å²) in [6, 6.07) is 0.206. The molecule has 1 aromatic heterocycles. The van der Waals surface area contributed by atoms with Crippen LogP contribution in [-0.2, 0) is 23.0 Å². The van der Waals surface area contributed by atoms with E-state index in [1.165, 1.54) is 0 Å². The number of halogens is 1. The second kappa shape index (κ2) is 10.8. The lowest BCUT2D eigenvalue weighted by atomic mass is 10.1. The molecule has 0 bridgehead atoms.